The molecule has 0 bridgehead atoms. The lowest BCUT2D eigenvalue weighted by Gasteiger charge is -2.07. The second-order valence-corrected chi connectivity index (χ2v) is 5.44. The first kappa shape index (κ1) is 13.2. The Kier molecular flexibility index (Phi) is 3.80. The van der Waals surface area contributed by atoms with Crippen LogP contribution in [-0.4, -0.2) is 16.6 Å². The highest BCUT2D eigenvalue weighted by atomic mass is 32.1. The molecule has 0 radical (unpaired) electrons. The largest absolute Gasteiger partial charge is 0.385 e. The number of benzene rings is 1. The molecule has 2 aromatic rings. The maximum absolute atomic E-state index is 9.68. The topological polar surface area (TPSA) is 59.1 Å². The number of rotatable bonds is 3. The highest BCUT2D eigenvalue weighted by molar-refractivity contribution is 7.13. The molecule has 96 valence electrons. The summed E-state index contributed by atoms with van der Waals surface area (Å²) in [4.78, 5) is 4.47. The van der Waals surface area contributed by atoms with Crippen LogP contribution in [0, 0.1) is 20.8 Å². The fourth-order valence-corrected chi connectivity index (χ4v) is 2.82. The molecule has 0 aliphatic rings. The smallest absolute Gasteiger partial charge is 0.123 e. The molecule has 2 rings (SSSR count). The first-order valence-electron chi connectivity index (χ1n) is 5.94. The van der Waals surface area contributed by atoms with Crippen LogP contribution in [0.4, 0.5) is 0 Å². The molecule has 0 amide bonds. The molecule has 1 heterocycles. The number of hydrogen-bond acceptors (Lipinski definition) is 4. The van der Waals surface area contributed by atoms with Crippen molar-refractivity contribution in [2.45, 2.75) is 26.9 Å². The average molecular weight is 262 g/mol. The summed E-state index contributed by atoms with van der Waals surface area (Å²) < 4.78 is 0. The van der Waals surface area contributed by atoms with Crippen molar-refractivity contribution in [1.82, 2.24) is 4.98 Å². The van der Waals surface area contributed by atoms with E-state index in [1.54, 1.807) is 11.3 Å². The minimum Gasteiger partial charge on any atom is -0.385 e. The van der Waals surface area contributed by atoms with E-state index in [-0.39, 0.29) is 6.54 Å². The second kappa shape index (κ2) is 5.18. The molecule has 1 atom stereocenters. The summed E-state index contributed by atoms with van der Waals surface area (Å²) in [5.74, 6) is 0. The van der Waals surface area contributed by atoms with Gasteiger partial charge in [-0.3, -0.25) is 0 Å². The maximum atomic E-state index is 9.68. The number of aliphatic hydroxyl groups excluding tert-OH is 1. The molecule has 1 aromatic heterocycles. The Balaban J connectivity index is 2.43. The molecular weight excluding hydrogens is 244 g/mol. The fraction of sp³-hybridized carbons (Fsp3) is 0.357. The highest BCUT2D eigenvalue weighted by Crippen LogP contribution is 2.30. The lowest BCUT2D eigenvalue weighted by molar-refractivity contribution is 0.182. The zero-order chi connectivity index (χ0) is 13.3. The molecule has 1 unspecified atom stereocenters. The van der Waals surface area contributed by atoms with Gasteiger partial charge in [0.25, 0.3) is 0 Å². The van der Waals surface area contributed by atoms with Gasteiger partial charge in [-0.15, -0.1) is 11.3 Å². The van der Waals surface area contributed by atoms with E-state index in [2.05, 4.69) is 37.9 Å². The summed E-state index contributed by atoms with van der Waals surface area (Å²) in [6, 6.07) is 4.33. The summed E-state index contributed by atoms with van der Waals surface area (Å²) in [6.45, 7) is 6.50. The molecule has 0 fully saturated rings. The number of nitrogens with zero attached hydrogens (tertiary/aromatic N) is 1. The minimum absolute atomic E-state index is 0.203. The molecule has 3 N–H and O–H groups in total. The van der Waals surface area contributed by atoms with Crippen LogP contribution in [-0.2, 0) is 0 Å². The van der Waals surface area contributed by atoms with Gasteiger partial charge in [0.05, 0.1) is 5.69 Å². The van der Waals surface area contributed by atoms with Crippen LogP contribution in [0.1, 0.15) is 28.5 Å². The Morgan fingerprint density at radius 1 is 1.22 bits per heavy atom. The van der Waals surface area contributed by atoms with Crippen LogP contribution in [0.5, 0.6) is 0 Å². The van der Waals surface area contributed by atoms with Gasteiger partial charge >= 0.3 is 0 Å². The Morgan fingerprint density at radius 2 is 1.89 bits per heavy atom. The molecule has 4 heteroatoms. The Morgan fingerprint density at radius 3 is 2.56 bits per heavy atom. The van der Waals surface area contributed by atoms with Crippen molar-refractivity contribution in [2.24, 2.45) is 5.73 Å². The van der Waals surface area contributed by atoms with Gasteiger partial charge < -0.3 is 10.8 Å². The third-order valence-corrected chi connectivity index (χ3v) is 4.05. The van der Waals surface area contributed by atoms with Crippen molar-refractivity contribution in [3.63, 3.8) is 0 Å². The summed E-state index contributed by atoms with van der Waals surface area (Å²) >= 11 is 1.55. The third kappa shape index (κ3) is 2.46. The minimum atomic E-state index is -0.665. The highest BCUT2D eigenvalue weighted by Gasteiger charge is 2.13. The zero-order valence-corrected chi connectivity index (χ0v) is 11.7. The zero-order valence-electron chi connectivity index (χ0n) is 10.9. The number of aromatic nitrogens is 1. The van der Waals surface area contributed by atoms with Crippen molar-refractivity contribution in [3.05, 3.63) is 39.9 Å². The standard InChI is InChI=1S/C14H18N2OS/c1-8-4-10(3)11(5-9(8)2)14-16-12(7-18-14)13(17)6-15/h4-5,7,13,17H,6,15H2,1-3H3. The van der Waals surface area contributed by atoms with E-state index in [4.69, 9.17) is 5.73 Å². The van der Waals surface area contributed by atoms with E-state index in [0.29, 0.717) is 5.69 Å². The van der Waals surface area contributed by atoms with Crippen LogP contribution in [0.3, 0.4) is 0 Å². The number of thiazole rings is 1. The Labute approximate surface area is 111 Å². The molecule has 1 aromatic carbocycles. The summed E-state index contributed by atoms with van der Waals surface area (Å²) in [5.41, 5.74) is 11.0. The number of aliphatic hydroxyl groups is 1. The normalized spacial score (nSPS) is 12.7. The Hall–Kier alpha value is -1.23. The van der Waals surface area contributed by atoms with E-state index >= 15 is 0 Å². The van der Waals surface area contributed by atoms with Crippen molar-refractivity contribution in [3.8, 4) is 10.6 Å². The first-order chi connectivity index (χ1) is 8.52. The first-order valence-corrected chi connectivity index (χ1v) is 6.82. The van der Waals surface area contributed by atoms with Gasteiger partial charge in [0.2, 0.25) is 0 Å². The van der Waals surface area contributed by atoms with Gasteiger partial charge in [-0.1, -0.05) is 6.07 Å². The van der Waals surface area contributed by atoms with Crippen LogP contribution in [0.15, 0.2) is 17.5 Å². The summed E-state index contributed by atoms with van der Waals surface area (Å²) in [6.07, 6.45) is -0.665. The predicted octanol–water partition coefficient (Wildman–Crippen LogP) is 2.73. The van der Waals surface area contributed by atoms with Gasteiger partial charge in [-0.2, -0.15) is 0 Å². The lowest BCUT2D eigenvalue weighted by Crippen LogP contribution is -2.11. The van der Waals surface area contributed by atoms with Gasteiger partial charge in [0, 0.05) is 17.5 Å². The molecule has 3 nitrogen and oxygen atoms in total. The second-order valence-electron chi connectivity index (χ2n) is 4.58. The van der Waals surface area contributed by atoms with Crippen molar-refractivity contribution < 1.29 is 5.11 Å². The SMILES string of the molecule is Cc1cc(C)c(-c2nc(C(O)CN)cs2)cc1C. The van der Waals surface area contributed by atoms with Gasteiger partial charge in [0.1, 0.15) is 11.1 Å². The number of hydrogen-bond donors (Lipinski definition) is 2. The molecule has 0 saturated heterocycles. The number of nitrogens with two attached hydrogens (primary N) is 1. The molecule has 0 aliphatic carbocycles. The fourth-order valence-electron chi connectivity index (χ4n) is 1.87. The van der Waals surface area contributed by atoms with Crippen molar-refractivity contribution in [2.75, 3.05) is 6.54 Å². The number of aryl methyl sites for hydroxylation is 3. The molecule has 0 aliphatic heterocycles. The maximum Gasteiger partial charge on any atom is 0.123 e. The summed E-state index contributed by atoms with van der Waals surface area (Å²) in [7, 11) is 0. The summed E-state index contributed by atoms with van der Waals surface area (Å²) in [5, 5.41) is 12.5. The molecular formula is C14H18N2OS. The van der Waals surface area contributed by atoms with E-state index in [1.807, 2.05) is 5.38 Å². The quantitative estimate of drug-likeness (QED) is 0.894. The Bertz CT molecular complexity index is 563. The van der Waals surface area contributed by atoms with Crippen molar-refractivity contribution >= 4 is 11.3 Å². The van der Waals surface area contributed by atoms with E-state index in [0.717, 1.165) is 10.6 Å². The van der Waals surface area contributed by atoms with E-state index < -0.39 is 6.10 Å². The van der Waals surface area contributed by atoms with Gasteiger partial charge in [-0.05, 0) is 43.5 Å². The third-order valence-electron chi connectivity index (χ3n) is 3.16. The van der Waals surface area contributed by atoms with Gasteiger partial charge in [-0.25, -0.2) is 4.98 Å². The predicted molar refractivity (Wildman–Crippen MR) is 75.8 cm³/mol. The average Bonchev–Trinajstić information content (AvgIpc) is 2.82. The van der Waals surface area contributed by atoms with Crippen LogP contribution in [0.2, 0.25) is 0 Å². The van der Waals surface area contributed by atoms with Crippen LogP contribution in [0.25, 0.3) is 10.6 Å². The van der Waals surface area contributed by atoms with Crippen molar-refractivity contribution in [1.29, 1.82) is 0 Å². The molecule has 0 spiro atoms. The monoisotopic (exact) mass is 262 g/mol. The lowest BCUT2D eigenvalue weighted by atomic mass is 10.0. The molecule has 18 heavy (non-hydrogen) atoms. The van der Waals surface area contributed by atoms with Crippen LogP contribution >= 0.6 is 11.3 Å². The van der Waals surface area contributed by atoms with Crippen LogP contribution < -0.4 is 5.73 Å². The molecule has 0 saturated carbocycles. The van der Waals surface area contributed by atoms with E-state index in [9.17, 15) is 5.11 Å². The van der Waals surface area contributed by atoms with E-state index in [1.165, 1.54) is 16.7 Å². The van der Waals surface area contributed by atoms with Gasteiger partial charge in [0.15, 0.2) is 0 Å².